The van der Waals surface area contributed by atoms with Crippen LogP contribution in [-0.4, -0.2) is 26.4 Å². The van der Waals surface area contributed by atoms with Crippen molar-refractivity contribution in [1.29, 1.82) is 0 Å². The van der Waals surface area contributed by atoms with Gasteiger partial charge in [0.25, 0.3) is 0 Å². The molecule has 4 N–H and O–H groups in total. The summed E-state index contributed by atoms with van der Waals surface area (Å²) in [6, 6.07) is 0. The van der Waals surface area contributed by atoms with Crippen LogP contribution in [0.5, 0.6) is 0 Å². The van der Waals surface area contributed by atoms with Crippen LogP contribution in [0.2, 0.25) is 0 Å². The monoisotopic (exact) mass is 460 g/mol. The Balaban J connectivity index is 0.00000264. The van der Waals surface area contributed by atoms with Gasteiger partial charge in [0.05, 0.1) is 17.0 Å². The highest BCUT2D eigenvalue weighted by molar-refractivity contribution is 8.93. The molecule has 0 fully saturated rings. The van der Waals surface area contributed by atoms with E-state index in [0.717, 1.165) is 16.1 Å². The predicted molar refractivity (Wildman–Crippen MR) is 91.6 cm³/mol. The molecule has 2 aromatic rings. The summed E-state index contributed by atoms with van der Waals surface area (Å²) >= 11 is 1.50. The number of phosphoric acid groups is 1. The molecule has 0 bridgehead atoms. The minimum Gasteiger partial charge on any atom is -1.00 e. The molecule has 0 radical (unpaired) electrons. The third-order valence-electron chi connectivity index (χ3n) is 3.10. The highest BCUT2D eigenvalue weighted by Crippen LogP contribution is 2.35. The van der Waals surface area contributed by atoms with Crippen LogP contribution in [0.1, 0.15) is 22.0 Å². The van der Waals surface area contributed by atoms with Gasteiger partial charge in [-0.2, -0.15) is 4.57 Å². The fourth-order valence-electron chi connectivity index (χ4n) is 1.92. The third-order valence-corrected chi connectivity index (χ3v) is 4.77. The van der Waals surface area contributed by atoms with Gasteiger partial charge in [-0.25, -0.2) is 14.5 Å². The van der Waals surface area contributed by atoms with Gasteiger partial charge in [-0.1, -0.05) is 11.3 Å². The molecule has 0 saturated heterocycles. The smallest absolute Gasteiger partial charge is 0.469 e. The average molecular weight is 462 g/mol. The van der Waals surface area contributed by atoms with Gasteiger partial charge in [0.15, 0.2) is 12.2 Å². The number of hydrogen-bond donors (Lipinski definition) is 3. The number of halogens is 2. The van der Waals surface area contributed by atoms with Crippen LogP contribution in [0, 0.1) is 13.8 Å². The molecule has 0 saturated carbocycles. The van der Waals surface area contributed by atoms with Gasteiger partial charge in [0, 0.05) is 19.5 Å². The second kappa shape index (κ2) is 9.76. The maximum atomic E-state index is 10.7. The van der Waals surface area contributed by atoms with Crippen LogP contribution in [0.25, 0.3) is 0 Å². The van der Waals surface area contributed by atoms with Gasteiger partial charge < -0.3 is 27.9 Å². The first-order chi connectivity index (χ1) is 10.3. The zero-order valence-corrected chi connectivity index (χ0v) is 17.2. The first kappa shape index (κ1) is 23.4. The van der Waals surface area contributed by atoms with Gasteiger partial charge in [-0.05, 0) is 6.92 Å². The second-order valence-electron chi connectivity index (χ2n) is 4.76. The number of aryl methyl sites for hydroxylation is 1. The van der Waals surface area contributed by atoms with Crippen molar-refractivity contribution in [2.24, 2.45) is 0 Å². The minimum atomic E-state index is -4.41. The molecule has 0 spiro atoms. The normalized spacial score (nSPS) is 10.8. The van der Waals surface area contributed by atoms with Gasteiger partial charge in [0.2, 0.25) is 5.51 Å². The maximum absolute atomic E-state index is 10.7. The standard InChI is InChI=1S/C12H17N4O4PS.BrH.ClH/c1-8-11(3-4-20-21(17,18)19)22-7-16(8)6-10-5-14-9(2)15-12(10)13;;/h5,7H,3-4,6H2,1-2H3,(H3-,13,14,15,17,18,19);2*1H. The second-order valence-corrected chi connectivity index (χ2v) is 6.94. The van der Waals surface area contributed by atoms with Gasteiger partial charge in [-0.3, -0.25) is 4.52 Å². The van der Waals surface area contributed by atoms with Crippen LogP contribution in [0.3, 0.4) is 0 Å². The Morgan fingerprint density at radius 2 is 2.08 bits per heavy atom. The number of hydrogen-bond acceptors (Lipinski definition) is 6. The molecule has 0 aliphatic carbocycles. The SMILES string of the molecule is Br.Cc1ncc(C[n+]2csc(CCOP(=O)(O)O)c2C)c(N)n1.[Cl-]. The van der Waals surface area contributed by atoms with Crippen molar-refractivity contribution in [3.05, 3.63) is 33.7 Å². The molecule has 0 unspecified atom stereocenters. The predicted octanol–water partition coefficient (Wildman–Crippen LogP) is -1.69. The highest BCUT2D eigenvalue weighted by atomic mass is 79.9. The van der Waals surface area contributed by atoms with E-state index in [9.17, 15) is 4.57 Å². The Morgan fingerprint density at radius 3 is 2.67 bits per heavy atom. The lowest BCUT2D eigenvalue weighted by atomic mass is 10.2. The molecule has 0 aliphatic heterocycles. The number of rotatable bonds is 6. The number of anilines is 1. The van der Waals surface area contributed by atoms with E-state index in [1.54, 1.807) is 13.1 Å². The summed E-state index contributed by atoms with van der Waals surface area (Å²) in [5, 5.41) is 0. The van der Waals surface area contributed by atoms with Crippen molar-refractivity contribution in [1.82, 2.24) is 9.97 Å². The molecular weight excluding hydrogens is 443 g/mol. The molecule has 0 atom stereocenters. The van der Waals surface area contributed by atoms with Crippen molar-refractivity contribution >= 4 is 42.0 Å². The average Bonchev–Trinajstić information content (AvgIpc) is 2.73. The van der Waals surface area contributed by atoms with Crippen LogP contribution >= 0.6 is 36.1 Å². The van der Waals surface area contributed by atoms with Crippen LogP contribution in [-0.2, 0) is 22.1 Å². The molecule has 0 aromatic carbocycles. The van der Waals surface area contributed by atoms with E-state index in [1.807, 2.05) is 17.0 Å². The first-order valence-corrected chi connectivity index (χ1v) is 8.92. The van der Waals surface area contributed by atoms with E-state index < -0.39 is 7.82 Å². The molecule has 8 nitrogen and oxygen atoms in total. The molecule has 24 heavy (non-hydrogen) atoms. The van der Waals surface area contributed by atoms with Gasteiger partial charge in [-0.15, -0.1) is 17.0 Å². The van der Waals surface area contributed by atoms with Gasteiger partial charge >= 0.3 is 7.82 Å². The Kier molecular flexibility index (Phi) is 9.52. The van der Waals surface area contributed by atoms with Crippen molar-refractivity contribution in [2.45, 2.75) is 26.8 Å². The molecule has 12 heteroatoms. The Hall–Kier alpha value is -0.610. The van der Waals surface area contributed by atoms with Crippen molar-refractivity contribution in [3.8, 4) is 0 Å². The molecular formula is C12H19BrClN4O4PS. The lowest BCUT2D eigenvalue weighted by molar-refractivity contribution is -0.689. The number of thiazole rings is 1. The van der Waals surface area contributed by atoms with Crippen LogP contribution in [0.15, 0.2) is 11.7 Å². The summed E-state index contributed by atoms with van der Waals surface area (Å²) in [7, 11) is -4.41. The summed E-state index contributed by atoms with van der Waals surface area (Å²) in [6.45, 7) is 4.24. The van der Waals surface area contributed by atoms with E-state index in [0.29, 0.717) is 24.6 Å². The lowest BCUT2D eigenvalue weighted by Gasteiger charge is -2.04. The topological polar surface area (TPSA) is 122 Å². The van der Waals surface area contributed by atoms with Crippen molar-refractivity contribution in [2.75, 3.05) is 12.3 Å². The minimum absolute atomic E-state index is 0. The molecule has 2 aromatic heterocycles. The maximum Gasteiger partial charge on any atom is 0.469 e. The number of nitrogen functional groups attached to an aromatic ring is 1. The van der Waals surface area contributed by atoms with Crippen molar-refractivity contribution < 1.29 is 35.8 Å². The van der Waals surface area contributed by atoms with Crippen molar-refractivity contribution in [3.63, 3.8) is 0 Å². The molecule has 136 valence electrons. The Morgan fingerprint density at radius 1 is 1.42 bits per heavy atom. The first-order valence-electron chi connectivity index (χ1n) is 6.51. The van der Waals surface area contributed by atoms with Gasteiger partial charge in [0.1, 0.15) is 11.6 Å². The molecule has 0 amide bonds. The zero-order valence-electron chi connectivity index (χ0n) is 13.0. The Labute approximate surface area is 160 Å². The summed E-state index contributed by atoms with van der Waals surface area (Å²) < 4.78 is 17.1. The van der Waals surface area contributed by atoms with E-state index in [-0.39, 0.29) is 36.0 Å². The third kappa shape index (κ3) is 6.72. The highest BCUT2D eigenvalue weighted by Gasteiger charge is 2.19. The van der Waals surface area contributed by atoms with E-state index in [2.05, 4.69) is 14.5 Å². The Bertz CT molecular complexity index is 727. The summed E-state index contributed by atoms with van der Waals surface area (Å²) in [4.78, 5) is 26.6. The molecule has 0 aliphatic rings. The summed E-state index contributed by atoms with van der Waals surface area (Å²) in [5.74, 6) is 1.08. The zero-order chi connectivity index (χ0) is 16.3. The van der Waals surface area contributed by atoms with E-state index in [1.165, 1.54) is 11.3 Å². The quantitative estimate of drug-likeness (QED) is 0.346. The van der Waals surface area contributed by atoms with Crippen LogP contribution in [0.4, 0.5) is 5.82 Å². The largest absolute Gasteiger partial charge is 1.00 e. The fourth-order valence-corrected chi connectivity index (χ4v) is 3.23. The summed E-state index contributed by atoms with van der Waals surface area (Å²) in [5.41, 5.74) is 9.65. The number of phosphoric ester groups is 1. The molecule has 2 heterocycles. The lowest BCUT2D eigenvalue weighted by Crippen LogP contribution is -3.00. The fraction of sp³-hybridized carbons (Fsp3) is 0.417. The van der Waals surface area contributed by atoms with E-state index >= 15 is 0 Å². The molecule has 2 rings (SSSR count). The van der Waals surface area contributed by atoms with Crippen LogP contribution < -0.4 is 22.7 Å². The van der Waals surface area contributed by atoms with E-state index in [4.69, 9.17) is 15.5 Å². The summed E-state index contributed by atoms with van der Waals surface area (Å²) in [6.07, 6.45) is 2.15. The number of nitrogens with zero attached hydrogens (tertiary/aromatic N) is 3. The number of aromatic nitrogens is 3. The number of nitrogens with two attached hydrogens (primary N) is 1.